The smallest absolute Gasteiger partial charge is 0.226 e. The molecule has 106 valence electrons. The molecular weight excluding hydrogens is 250 g/mol. The summed E-state index contributed by atoms with van der Waals surface area (Å²) in [6, 6.07) is 10.4. The largest absolute Gasteiger partial charge is 0.381 e. The number of ether oxygens (including phenoxy) is 1. The predicted octanol–water partition coefficient (Wildman–Crippen LogP) is 2.73. The van der Waals surface area contributed by atoms with Crippen LogP contribution < -0.4 is 0 Å². The topological polar surface area (TPSA) is 29.5 Å². The Bertz CT molecular complexity index is 489. The molecule has 3 rings (SSSR count). The number of amides is 1. The second-order valence-corrected chi connectivity index (χ2v) is 5.52. The van der Waals surface area contributed by atoms with Crippen molar-refractivity contribution in [1.82, 2.24) is 4.90 Å². The van der Waals surface area contributed by atoms with Gasteiger partial charge in [-0.25, -0.2) is 0 Å². The summed E-state index contributed by atoms with van der Waals surface area (Å²) in [6.45, 7) is 3.06. The standard InChI is InChI=1S/C17H21NO2/c19-17(16-8-12-20-13-9-16)18-10-6-15(7-11-18)14-4-2-1-3-5-14/h1-6,16H,7-13H2. The molecule has 0 atom stereocenters. The van der Waals surface area contributed by atoms with Crippen LogP contribution in [0.25, 0.3) is 5.57 Å². The van der Waals surface area contributed by atoms with Crippen LogP contribution in [0.15, 0.2) is 36.4 Å². The molecule has 0 unspecified atom stereocenters. The second kappa shape index (κ2) is 6.23. The Morgan fingerprint density at radius 1 is 1.15 bits per heavy atom. The van der Waals surface area contributed by atoms with Crippen molar-refractivity contribution in [3.63, 3.8) is 0 Å². The molecule has 1 aromatic rings. The zero-order valence-electron chi connectivity index (χ0n) is 11.8. The van der Waals surface area contributed by atoms with E-state index in [1.54, 1.807) is 0 Å². The summed E-state index contributed by atoms with van der Waals surface area (Å²) >= 11 is 0. The van der Waals surface area contributed by atoms with Crippen LogP contribution >= 0.6 is 0 Å². The highest BCUT2D eigenvalue weighted by molar-refractivity contribution is 5.80. The summed E-state index contributed by atoms with van der Waals surface area (Å²) in [5.41, 5.74) is 2.65. The molecule has 20 heavy (non-hydrogen) atoms. The molecule has 1 saturated heterocycles. The fourth-order valence-electron chi connectivity index (χ4n) is 2.99. The van der Waals surface area contributed by atoms with Gasteiger partial charge in [0.05, 0.1) is 0 Å². The van der Waals surface area contributed by atoms with Gasteiger partial charge in [-0.05, 0) is 30.4 Å². The van der Waals surface area contributed by atoms with Crippen LogP contribution in [0, 0.1) is 5.92 Å². The molecule has 0 aromatic heterocycles. The summed E-state index contributed by atoms with van der Waals surface area (Å²) in [6.07, 6.45) is 4.92. The highest BCUT2D eigenvalue weighted by Crippen LogP contribution is 2.24. The predicted molar refractivity (Wildman–Crippen MR) is 79.2 cm³/mol. The molecule has 3 heteroatoms. The quantitative estimate of drug-likeness (QED) is 0.827. The van der Waals surface area contributed by atoms with Gasteiger partial charge in [0.2, 0.25) is 5.91 Å². The summed E-state index contributed by atoms with van der Waals surface area (Å²) in [5, 5.41) is 0. The first-order chi connectivity index (χ1) is 9.84. The lowest BCUT2D eigenvalue weighted by atomic mass is 9.95. The SMILES string of the molecule is O=C(C1CCOCC1)N1CC=C(c2ccccc2)CC1. The third-order valence-electron chi connectivity index (χ3n) is 4.24. The van der Waals surface area contributed by atoms with Crippen LogP contribution in [-0.2, 0) is 9.53 Å². The number of nitrogens with zero attached hydrogens (tertiary/aromatic N) is 1. The first-order valence-corrected chi connectivity index (χ1v) is 7.45. The molecular formula is C17H21NO2. The van der Waals surface area contributed by atoms with Gasteiger partial charge in [-0.15, -0.1) is 0 Å². The fraction of sp³-hybridized carbons (Fsp3) is 0.471. The summed E-state index contributed by atoms with van der Waals surface area (Å²) in [7, 11) is 0. The molecule has 0 radical (unpaired) electrons. The van der Waals surface area contributed by atoms with Gasteiger partial charge in [0.1, 0.15) is 0 Å². The van der Waals surface area contributed by atoms with E-state index in [0.29, 0.717) is 5.91 Å². The van der Waals surface area contributed by atoms with Crippen LogP contribution in [0.2, 0.25) is 0 Å². The van der Waals surface area contributed by atoms with Crippen molar-refractivity contribution in [2.24, 2.45) is 5.92 Å². The van der Waals surface area contributed by atoms with Crippen molar-refractivity contribution < 1.29 is 9.53 Å². The highest BCUT2D eigenvalue weighted by atomic mass is 16.5. The van der Waals surface area contributed by atoms with Crippen LogP contribution in [0.4, 0.5) is 0 Å². The number of hydrogen-bond acceptors (Lipinski definition) is 2. The molecule has 0 saturated carbocycles. The van der Waals surface area contributed by atoms with Crippen molar-refractivity contribution in [3.8, 4) is 0 Å². The van der Waals surface area contributed by atoms with Gasteiger partial charge in [-0.1, -0.05) is 36.4 Å². The average Bonchev–Trinajstić information content (AvgIpc) is 2.56. The van der Waals surface area contributed by atoms with E-state index in [9.17, 15) is 4.79 Å². The first kappa shape index (κ1) is 13.4. The number of carbonyl (C=O) groups is 1. The Kier molecular flexibility index (Phi) is 4.16. The number of benzene rings is 1. The number of rotatable bonds is 2. The van der Waals surface area contributed by atoms with E-state index in [0.717, 1.165) is 45.6 Å². The van der Waals surface area contributed by atoms with Crippen molar-refractivity contribution in [3.05, 3.63) is 42.0 Å². The molecule has 3 nitrogen and oxygen atoms in total. The summed E-state index contributed by atoms with van der Waals surface area (Å²) in [4.78, 5) is 14.4. The molecule has 1 fully saturated rings. The van der Waals surface area contributed by atoms with Crippen LogP contribution in [0.5, 0.6) is 0 Å². The van der Waals surface area contributed by atoms with Crippen LogP contribution in [0.3, 0.4) is 0 Å². The Balaban J connectivity index is 1.62. The fourth-order valence-corrected chi connectivity index (χ4v) is 2.99. The summed E-state index contributed by atoms with van der Waals surface area (Å²) < 4.78 is 5.33. The molecule has 0 N–H and O–H groups in total. The molecule has 0 spiro atoms. The van der Waals surface area contributed by atoms with Gasteiger partial charge in [0.15, 0.2) is 0 Å². The Hall–Kier alpha value is -1.61. The lowest BCUT2D eigenvalue weighted by Gasteiger charge is -2.31. The minimum absolute atomic E-state index is 0.176. The van der Waals surface area contributed by atoms with E-state index >= 15 is 0 Å². The Morgan fingerprint density at radius 2 is 1.90 bits per heavy atom. The summed E-state index contributed by atoms with van der Waals surface area (Å²) in [5.74, 6) is 0.493. The molecule has 0 bridgehead atoms. The molecule has 1 amide bonds. The van der Waals surface area contributed by atoms with Crippen LogP contribution in [-0.4, -0.2) is 37.1 Å². The Morgan fingerprint density at radius 3 is 2.55 bits per heavy atom. The van der Waals surface area contributed by atoms with E-state index in [1.165, 1.54) is 11.1 Å². The minimum Gasteiger partial charge on any atom is -0.381 e. The molecule has 2 aliphatic heterocycles. The maximum atomic E-state index is 12.4. The molecule has 0 aliphatic carbocycles. The van der Waals surface area contributed by atoms with Gasteiger partial charge in [-0.2, -0.15) is 0 Å². The lowest BCUT2D eigenvalue weighted by Crippen LogP contribution is -2.40. The van der Waals surface area contributed by atoms with Gasteiger partial charge < -0.3 is 9.64 Å². The maximum Gasteiger partial charge on any atom is 0.226 e. The van der Waals surface area contributed by atoms with E-state index in [-0.39, 0.29) is 5.92 Å². The molecule has 1 aromatic carbocycles. The monoisotopic (exact) mass is 271 g/mol. The Labute approximate surface area is 120 Å². The zero-order valence-corrected chi connectivity index (χ0v) is 11.8. The normalized spacial score (nSPS) is 20.6. The van der Waals surface area contributed by atoms with Gasteiger partial charge in [0.25, 0.3) is 0 Å². The number of carbonyl (C=O) groups excluding carboxylic acids is 1. The molecule has 2 heterocycles. The number of hydrogen-bond donors (Lipinski definition) is 0. The van der Waals surface area contributed by atoms with Crippen molar-refractivity contribution in [2.45, 2.75) is 19.3 Å². The third kappa shape index (κ3) is 2.93. The average molecular weight is 271 g/mol. The van der Waals surface area contributed by atoms with E-state index in [4.69, 9.17) is 4.74 Å². The molecule has 2 aliphatic rings. The van der Waals surface area contributed by atoms with Gasteiger partial charge >= 0.3 is 0 Å². The van der Waals surface area contributed by atoms with E-state index in [1.807, 2.05) is 11.0 Å². The van der Waals surface area contributed by atoms with Crippen molar-refractivity contribution in [2.75, 3.05) is 26.3 Å². The van der Waals surface area contributed by atoms with Crippen molar-refractivity contribution >= 4 is 11.5 Å². The van der Waals surface area contributed by atoms with E-state index < -0.39 is 0 Å². The third-order valence-corrected chi connectivity index (χ3v) is 4.24. The van der Waals surface area contributed by atoms with Gasteiger partial charge in [-0.3, -0.25) is 4.79 Å². The lowest BCUT2D eigenvalue weighted by molar-refractivity contribution is -0.138. The van der Waals surface area contributed by atoms with Gasteiger partial charge in [0, 0.05) is 32.2 Å². The van der Waals surface area contributed by atoms with E-state index in [2.05, 4.69) is 30.3 Å². The van der Waals surface area contributed by atoms with Crippen LogP contribution in [0.1, 0.15) is 24.8 Å². The highest BCUT2D eigenvalue weighted by Gasteiger charge is 2.27. The first-order valence-electron chi connectivity index (χ1n) is 7.45. The van der Waals surface area contributed by atoms with Crippen molar-refractivity contribution in [1.29, 1.82) is 0 Å². The minimum atomic E-state index is 0.176. The second-order valence-electron chi connectivity index (χ2n) is 5.52. The zero-order chi connectivity index (χ0) is 13.8. The maximum absolute atomic E-state index is 12.4.